The van der Waals surface area contributed by atoms with E-state index < -0.39 is 5.92 Å². The highest BCUT2D eigenvalue weighted by Gasteiger charge is 2.71. The second kappa shape index (κ2) is 8.19. The van der Waals surface area contributed by atoms with Gasteiger partial charge >= 0.3 is 5.97 Å². The second-order valence-electron chi connectivity index (χ2n) is 8.30. The zero-order valence-electron chi connectivity index (χ0n) is 16.1. The lowest BCUT2D eigenvalue weighted by Gasteiger charge is -2.48. The number of ether oxygens (including phenoxy) is 2. The van der Waals surface area contributed by atoms with Crippen LogP contribution in [0.3, 0.4) is 0 Å². The average Bonchev–Trinajstić information content (AvgIpc) is 3.40. The van der Waals surface area contributed by atoms with Gasteiger partial charge < -0.3 is 36.0 Å². The summed E-state index contributed by atoms with van der Waals surface area (Å²) < 4.78 is 12.9. The quantitative estimate of drug-likeness (QED) is 0.344. The Bertz CT molecular complexity index is 637. The molecule has 0 aromatic heterocycles. The van der Waals surface area contributed by atoms with Gasteiger partial charge in [-0.2, -0.15) is 0 Å². The summed E-state index contributed by atoms with van der Waals surface area (Å²) in [4.78, 5) is 12.7. The number of hydrogen-bond donors (Lipinski definition) is 1. The van der Waals surface area contributed by atoms with Crippen molar-refractivity contribution < 1.29 is 40.8 Å². The number of fused-ring (bicyclic) bond motifs is 5. The molecule has 3 saturated heterocycles. The number of unbranched alkanes of at least 4 members (excludes halogenated alkanes) is 1. The van der Waals surface area contributed by atoms with E-state index >= 15 is 0 Å². The van der Waals surface area contributed by atoms with Gasteiger partial charge in [0.15, 0.2) is 0 Å². The standard InChI is InChI=1S/C21H30NO4.BrH/c1-3-4-10-22(2)17-11-15(12-18(22)20-19(17)26-20)25-21(24)16(13-23)14-8-6-5-7-9-14;/h5-9,15-20,23H,3-4,10-13H2,1-2H3;1H/q+1;/p-1/t15?,16?,17-,18+,19-,20?,22?;/m1./s1. The molecule has 3 aliphatic heterocycles. The summed E-state index contributed by atoms with van der Waals surface area (Å²) >= 11 is 0. The van der Waals surface area contributed by atoms with Crippen LogP contribution in [-0.4, -0.2) is 66.2 Å². The lowest BCUT2D eigenvalue weighted by Crippen LogP contribution is -3.00. The highest BCUT2D eigenvalue weighted by Crippen LogP contribution is 2.52. The van der Waals surface area contributed by atoms with Crippen molar-refractivity contribution in [2.75, 3.05) is 20.2 Å². The fraction of sp³-hybridized carbons (Fsp3) is 0.667. The minimum absolute atomic E-state index is 0. The molecule has 6 heteroatoms. The van der Waals surface area contributed by atoms with Gasteiger partial charge in [-0.05, 0) is 12.0 Å². The number of morpholine rings is 1. The van der Waals surface area contributed by atoms with Crippen molar-refractivity contribution in [3.8, 4) is 0 Å². The number of likely N-dealkylation sites (N-methyl/N-ethyl adjacent to an activating group) is 1. The summed E-state index contributed by atoms with van der Waals surface area (Å²) in [6, 6.07) is 10.3. The van der Waals surface area contributed by atoms with Crippen LogP contribution < -0.4 is 17.0 Å². The van der Waals surface area contributed by atoms with Crippen LogP contribution in [0.15, 0.2) is 30.3 Å². The predicted octanol–water partition coefficient (Wildman–Crippen LogP) is -0.763. The Morgan fingerprint density at radius 1 is 1.26 bits per heavy atom. The van der Waals surface area contributed by atoms with Gasteiger partial charge in [-0.25, -0.2) is 0 Å². The molecule has 5 nitrogen and oxygen atoms in total. The average molecular weight is 440 g/mol. The number of rotatable bonds is 7. The first kappa shape index (κ1) is 20.8. The number of benzene rings is 1. The van der Waals surface area contributed by atoms with Crippen LogP contribution in [0.1, 0.15) is 44.1 Å². The van der Waals surface area contributed by atoms with Crippen LogP contribution >= 0.6 is 0 Å². The van der Waals surface area contributed by atoms with Crippen molar-refractivity contribution in [2.24, 2.45) is 0 Å². The van der Waals surface area contributed by atoms with Gasteiger partial charge in [0.05, 0.1) is 20.2 Å². The summed E-state index contributed by atoms with van der Waals surface area (Å²) in [5.41, 5.74) is 0.813. The van der Waals surface area contributed by atoms with Gasteiger partial charge in [-0.3, -0.25) is 4.79 Å². The number of halogens is 1. The Kier molecular flexibility index (Phi) is 6.31. The largest absolute Gasteiger partial charge is 1.00 e. The van der Waals surface area contributed by atoms with Gasteiger partial charge in [-0.1, -0.05) is 43.7 Å². The van der Waals surface area contributed by atoms with E-state index in [0.29, 0.717) is 24.3 Å². The highest BCUT2D eigenvalue weighted by molar-refractivity contribution is 5.78. The lowest BCUT2D eigenvalue weighted by atomic mass is 9.94. The van der Waals surface area contributed by atoms with Crippen LogP contribution in [0.2, 0.25) is 0 Å². The van der Waals surface area contributed by atoms with Crippen molar-refractivity contribution in [2.45, 2.75) is 68.9 Å². The number of carbonyl (C=O) groups is 1. The molecule has 3 heterocycles. The van der Waals surface area contributed by atoms with Crippen LogP contribution in [0.5, 0.6) is 0 Å². The minimum Gasteiger partial charge on any atom is -1.00 e. The normalized spacial score (nSPS) is 37.1. The number of epoxide rings is 1. The first-order valence-electron chi connectivity index (χ1n) is 9.95. The van der Waals surface area contributed by atoms with Gasteiger partial charge in [0.25, 0.3) is 0 Å². The van der Waals surface area contributed by atoms with E-state index in [2.05, 4.69) is 14.0 Å². The molecule has 0 saturated carbocycles. The van der Waals surface area contributed by atoms with E-state index in [0.717, 1.165) is 22.9 Å². The van der Waals surface area contributed by atoms with Crippen molar-refractivity contribution >= 4 is 5.97 Å². The molecule has 0 radical (unpaired) electrons. The van der Waals surface area contributed by atoms with Gasteiger partial charge in [0.2, 0.25) is 0 Å². The predicted molar refractivity (Wildman–Crippen MR) is 97.6 cm³/mol. The molecule has 3 aliphatic rings. The molecule has 3 fully saturated rings. The van der Waals surface area contributed by atoms with Crippen LogP contribution in [0.25, 0.3) is 0 Å². The highest BCUT2D eigenvalue weighted by atomic mass is 79.9. The lowest BCUT2D eigenvalue weighted by molar-refractivity contribution is -0.956. The molecule has 4 unspecified atom stereocenters. The summed E-state index contributed by atoms with van der Waals surface area (Å²) in [6.45, 7) is 3.20. The number of carbonyl (C=O) groups excluding carboxylic acids is 1. The Balaban J connectivity index is 0.00000210. The molecule has 0 spiro atoms. The van der Waals surface area contributed by atoms with E-state index in [1.807, 2.05) is 30.3 Å². The first-order chi connectivity index (χ1) is 12.6. The number of aliphatic hydroxyl groups is 1. The van der Waals surface area contributed by atoms with E-state index in [1.165, 1.54) is 19.4 Å². The van der Waals surface area contributed by atoms with E-state index in [1.54, 1.807) is 0 Å². The van der Waals surface area contributed by atoms with E-state index in [9.17, 15) is 9.90 Å². The maximum atomic E-state index is 12.7. The van der Waals surface area contributed by atoms with E-state index in [4.69, 9.17) is 9.47 Å². The second-order valence-corrected chi connectivity index (χ2v) is 8.30. The third-order valence-corrected chi connectivity index (χ3v) is 6.79. The molecule has 0 amide bonds. The number of aliphatic hydroxyl groups excluding tert-OH is 1. The smallest absolute Gasteiger partial charge is 0.316 e. The molecule has 7 atom stereocenters. The van der Waals surface area contributed by atoms with Gasteiger partial charge in [-0.15, -0.1) is 0 Å². The Morgan fingerprint density at radius 3 is 2.44 bits per heavy atom. The molecule has 1 aromatic carbocycles. The number of hydrogen-bond acceptors (Lipinski definition) is 4. The summed E-state index contributed by atoms with van der Waals surface area (Å²) in [6.07, 6.45) is 4.83. The summed E-state index contributed by atoms with van der Waals surface area (Å²) in [5.74, 6) is -0.898. The zero-order chi connectivity index (χ0) is 18.3. The Labute approximate surface area is 172 Å². The molecule has 0 aliphatic carbocycles. The van der Waals surface area contributed by atoms with Crippen molar-refractivity contribution in [1.29, 1.82) is 0 Å². The number of quaternary nitrogens is 1. The van der Waals surface area contributed by atoms with Crippen molar-refractivity contribution in [3.63, 3.8) is 0 Å². The maximum absolute atomic E-state index is 12.7. The van der Waals surface area contributed by atoms with Crippen LogP contribution in [0, 0.1) is 0 Å². The van der Waals surface area contributed by atoms with Crippen LogP contribution in [0.4, 0.5) is 0 Å². The number of piperidine rings is 1. The first-order valence-corrected chi connectivity index (χ1v) is 9.95. The Hall–Kier alpha value is -0.950. The third kappa shape index (κ3) is 3.69. The molecular weight excluding hydrogens is 410 g/mol. The van der Waals surface area contributed by atoms with Gasteiger partial charge in [0, 0.05) is 12.8 Å². The Morgan fingerprint density at radius 2 is 1.89 bits per heavy atom. The SMILES string of the molecule is CCCC[N+]1(C)[C@@H]2CC(OC(=O)C(CO)c3ccccc3)C[C@H]1C1O[C@@H]12.[Br-]. The maximum Gasteiger partial charge on any atom is 0.316 e. The van der Waals surface area contributed by atoms with Crippen LogP contribution in [-0.2, 0) is 14.3 Å². The fourth-order valence-electron chi connectivity index (χ4n) is 5.23. The third-order valence-electron chi connectivity index (χ3n) is 6.79. The molecule has 1 aromatic rings. The molecule has 2 bridgehead atoms. The van der Waals surface area contributed by atoms with Crippen molar-refractivity contribution in [1.82, 2.24) is 0 Å². The zero-order valence-corrected chi connectivity index (χ0v) is 17.7. The molecule has 4 rings (SSSR count). The molecule has 150 valence electrons. The van der Waals surface area contributed by atoms with E-state index in [-0.39, 0.29) is 35.7 Å². The summed E-state index contributed by atoms with van der Waals surface area (Å²) in [5, 5.41) is 9.70. The number of esters is 1. The van der Waals surface area contributed by atoms with Crippen molar-refractivity contribution in [3.05, 3.63) is 35.9 Å². The number of nitrogens with zero attached hydrogens (tertiary/aromatic N) is 1. The molecule has 1 N–H and O–H groups in total. The fourth-order valence-corrected chi connectivity index (χ4v) is 5.23. The summed E-state index contributed by atoms with van der Waals surface area (Å²) in [7, 11) is 2.36. The monoisotopic (exact) mass is 439 g/mol. The topological polar surface area (TPSA) is 59.1 Å². The molecular formula is C21H30BrNO4. The minimum atomic E-state index is -0.595. The molecule has 27 heavy (non-hydrogen) atoms. The van der Waals surface area contributed by atoms with Gasteiger partial charge in [0.1, 0.15) is 36.3 Å².